The molecule has 1 atom stereocenters. The minimum atomic E-state index is -0.324. The van der Waals surface area contributed by atoms with Crippen LogP contribution in [0, 0.1) is 12.7 Å². The number of carbonyl (C=O) groups excluding carboxylic acids is 1. The first-order valence-electron chi connectivity index (χ1n) is 9.36. The quantitative estimate of drug-likeness (QED) is 0.807. The van der Waals surface area contributed by atoms with Crippen molar-refractivity contribution in [2.75, 3.05) is 31.1 Å². The van der Waals surface area contributed by atoms with Gasteiger partial charge in [0.05, 0.1) is 22.8 Å². The molecule has 1 aromatic carbocycles. The standard InChI is InChI=1S/C20H24FN3O2S/c1-15-22-17(13-27-15)11-23-9-2-7-20(8-10-23)14-24(19(25)12-26-20)18-5-3-16(21)4-6-18/h3-6,13H,2,7-12,14H2,1H3. The predicted molar refractivity (Wildman–Crippen MR) is 103 cm³/mol. The van der Waals surface area contributed by atoms with Crippen molar-refractivity contribution in [3.63, 3.8) is 0 Å². The van der Waals surface area contributed by atoms with Gasteiger partial charge in [0.1, 0.15) is 12.4 Å². The molecule has 0 radical (unpaired) electrons. The molecule has 1 spiro atoms. The van der Waals surface area contributed by atoms with E-state index in [4.69, 9.17) is 4.74 Å². The van der Waals surface area contributed by atoms with Gasteiger partial charge < -0.3 is 9.64 Å². The summed E-state index contributed by atoms with van der Waals surface area (Å²) < 4.78 is 19.3. The van der Waals surface area contributed by atoms with Crippen LogP contribution in [-0.4, -0.2) is 47.6 Å². The Morgan fingerprint density at radius 3 is 2.81 bits per heavy atom. The maximum Gasteiger partial charge on any atom is 0.253 e. The lowest BCUT2D eigenvalue weighted by molar-refractivity contribution is -0.140. The van der Waals surface area contributed by atoms with Crippen molar-refractivity contribution in [1.82, 2.24) is 9.88 Å². The summed E-state index contributed by atoms with van der Waals surface area (Å²) in [4.78, 5) is 21.1. The van der Waals surface area contributed by atoms with E-state index in [1.807, 2.05) is 6.92 Å². The number of aromatic nitrogens is 1. The zero-order valence-electron chi connectivity index (χ0n) is 15.5. The molecule has 4 rings (SSSR count). The molecule has 0 saturated carbocycles. The predicted octanol–water partition coefficient (Wildman–Crippen LogP) is 3.38. The summed E-state index contributed by atoms with van der Waals surface area (Å²) in [6.45, 7) is 5.43. The van der Waals surface area contributed by atoms with Gasteiger partial charge in [0, 0.05) is 24.2 Å². The van der Waals surface area contributed by atoms with E-state index in [0.717, 1.165) is 55.3 Å². The number of aryl methyl sites for hydroxylation is 1. The largest absolute Gasteiger partial charge is 0.363 e. The Balaban J connectivity index is 1.44. The van der Waals surface area contributed by atoms with Gasteiger partial charge in [-0.3, -0.25) is 9.69 Å². The highest BCUT2D eigenvalue weighted by atomic mass is 32.1. The van der Waals surface area contributed by atoms with Gasteiger partial charge in [0.2, 0.25) is 0 Å². The maximum atomic E-state index is 13.2. The van der Waals surface area contributed by atoms with Gasteiger partial charge in [-0.1, -0.05) is 0 Å². The van der Waals surface area contributed by atoms with Crippen molar-refractivity contribution in [3.8, 4) is 0 Å². The molecule has 27 heavy (non-hydrogen) atoms. The minimum absolute atomic E-state index is 0.0636. The van der Waals surface area contributed by atoms with Crippen LogP contribution in [0.5, 0.6) is 0 Å². The molecule has 2 aromatic rings. The fourth-order valence-electron chi connectivity index (χ4n) is 3.97. The number of nitrogens with zero attached hydrogens (tertiary/aromatic N) is 3. The van der Waals surface area contributed by atoms with E-state index in [1.165, 1.54) is 12.1 Å². The molecule has 2 aliphatic rings. The topological polar surface area (TPSA) is 45.7 Å². The summed E-state index contributed by atoms with van der Waals surface area (Å²) in [6.07, 6.45) is 2.82. The number of morpholine rings is 1. The summed E-state index contributed by atoms with van der Waals surface area (Å²) in [5, 5.41) is 3.22. The first-order valence-corrected chi connectivity index (χ1v) is 10.2. The molecule has 0 bridgehead atoms. The second-order valence-corrected chi connectivity index (χ2v) is 8.48. The zero-order valence-corrected chi connectivity index (χ0v) is 16.3. The molecule has 0 aliphatic carbocycles. The molecular formula is C20H24FN3O2S. The number of carbonyl (C=O) groups is 1. The molecule has 144 valence electrons. The molecule has 1 amide bonds. The third kappa shape index (κ3) is 4.20. The Labute approximate surface area is 162 Å². The molecule has 2 fully saturated rings. The van der Waals surface area contributed by atoms with Crippen molar-refractivity contribution >= 4 is 22.9 Å². The smallest absolute Gasteiger partial charge is 0.253 e. The first-order chi connectivity index (χ1) is 13.0. The highest BCUT2D eigenvalue weighted by Gasteiger charge is 2.41. The summed E-state index contributed by atoms with van der Waals surface area (Å²) in [7, 11) is 0. The number of hydrogen-bond acceptors (Lipinski definition) is 5. The van der Waals surface area contributed by atoms with Gasteiger partial charge in [0.15, 0.2) is 0 Å². The van der Waals surface area contributed by atoms with Crippen LogP contribution in [0.15, 0.2) is 29.6 Å². The van der Waals surface area contributed by atoms with Crippen LogP contribution in [0.25, 0.3) is 0 Å². The maximum absolute atomic E-state index is 13.2. The molecule has 0 N–H and O–H groups in total. The lowest BCUT2D eigenvalue weighted by Gasteiger charge is -2.42. The Bertz CT molecular complexity index is 810. The molecule has 2 aliphatic heterocycles. The Kier molecular flexibility index (Phi) is 5.25. The number of benzene rings is 1. The van der Waals surface area contributed by atoms with Gasteiger partial charge >= 0.3 is 0 Å². The Hall–Kier alpha value is -1.83. The van der Waals surface area contributed by atoms with E-state index in [0.29, 0.717) is 6.54 Å². The number of ether oxygens (including phenoxy) is 1. The lowest BCUT2D eigenvalue weighted by atomic mass is 9.92. The fourth-order valence-corrected chi connectivity index (χ4v) is 4.57. The van der Waals surface area contributed by atoms with Gasteiger partial charge in [-0.25, -0.2) is 9.37 Å². The summed E-state index contributed by atoms with van der Waals surface area (Å²) >= 11 is 1.69. The molecule has 1 unspecified atom stereocenters. The number of anilines is 1. The highest BCUT2D eigenvalue weighted by Crippen LogP contribution is 2.33. The number of thiazole rings is 1. The van der Waals surface area contributed by atoms with Crippen LogP contribution in [0.4, 0.5) is 10.1 Å². The van der Waals surface area contributed by atoms with Crippen molar-refractivity contribution in [2.24, 2.45) is 0 Å². The second-order valence-electron chi connectivity index (χ2n) is 7.42. The van der Waals surface area contributed by atoms with E-state index in [1.54, 1.807) is 28.4 Å². The van der Waals surface area contributed by atoms with Crippen LogP contribution in [0.2, 0.25) is 0 Å². The van der Waals surface area contributed by atoms with Gasteiger partial charge in [-0.2, -0.15) is 0 Å². The zero-order chi connectivity index (χ0) is 18.9. The number of hydrogen-bond donors (Lipinski definition) is 0. The van der Waals surface area contributed by atoms with E-state index in [9.17, 15) is 9.18 Å². The average Bonchev–Trinajstić information content (AvgIpc) is 2.97. The highest BCUT2D eigenvalue weighted by molar-refractivity contribution is 7.09. The monoisotopic (exact) mass is 389 g/mol. The number of halogens is 1. The Morgan fingerprint density at radius 2 is 2.07 bits per heavy atom. The summed E-state index contributed by atoms with van der Waals surface area (Å²) in [5.74, 6) is -0.358. The third-order valence-corrected chi connectivity index (χ3v) is 6.25. The summed E-state index contributed by atoms with van der Waals surface area (Å²) in [6, 6.07) is 6.13. The van der Waals surface area contributed by atoms with Crippen molar-refractivity contribution in [1.29, 1.82) is 0 Å². The Morgan fingerprint density at radius 1 is 1.26 bits per heavy atom. The van der Waals surface area contributed by atoms with E-state index in [-0.39, 0.29) is 23.9 Å². The van der Waals surface area contributed by atoms with Gasteiger partial charge in [-0.05, 0) is 57.0 Å². The average molecular weight is 389 g/mol. The van der Waals surface area contributed by atoms with Gasteiger partial charge in [0.25, 0.3) is 5.91 Å². The van der Waals surface area contributed by atoms with Crippen LogP contribution in [-0.2, 0) is 16.1 Å². The van der Waals surface area contributed by atoms with Crippen LogP contribution in [0.3, 0.4) is 0 Å². The number of amides is 1. The number of likely N-dealkylation sites (tertiary alicyclic amines) is 1. The van der Waals surface area contributed by atoms with Crippen LogP contribution < -0.4 is 4.90 Å². The summed E-state index contributed by atoms with van der Waals surface area (Å²) in [5.41, 5.74) is 1.54. The normalized spacial score (nSPS) is 24.4. The first kappa shape index (κ1) is 18.5. The van der Waals surface area contributed by atoms with E-state index >= 15 is 0 Å². The molecule has 3 heterocycles. The number of rotatable bonds is 3. The molecule has 1 aromatic heterocycles. The SMILES string of the molecule is Cc1nc(CN2CCCC3(CC2)CN(c2ccc(F)cc2)C(=O)CO3)cs1. The van der Waals surface area contributed by atoms with Gasteiger partial charge in [-0.15, -0.1) is 11.3 Å². The fraction of sp³-hybridized carbons (Fsp3) is 0.500. The van der Waals surface area contributed by atoms with Crippen molar-refractivity contribution < 1.29 is 13.9 Å². The molecule has 5 nitrogen and oxygen atoms in total. The second kappa shape index (κ2) is 7.66. The minimum Gasteiger partial charge on any atom is -0.363 e. The molecule has 7 heteroatoms. The third-order valence-electron chi connectivity index (χ3n) is 5.43. The van der Waals surface area contributed by atoms with Crippen molar-refractivity contribution in [3.05, 3.63) is 46.2 Å². The van der Waals surface area contributed by atoms with Crippen LogP contribution in [0.1, 0.15) is 30.0 Å². The van der Waals surface area contributed by atoms with E-state index < -0.39 is 0 Å². The van der Waals surface area contributed by atoms with E-state index in [2.05, 4.69) is 15.3 Å². The molecular weight excluding hydrogens is 365 g/mol. The molecule has 2 saturated heterocycles. The van der Waals surface area contributed by atoms with Crippen molar-refractivity contribution in [2.45, 2.75) is 38.3 Å². The lowest BCUT2D eigenvalue weighted by Crippen LogP contribution is -2.55. The van der Waals surface area contributed by atoms with Crippen LogP contribution >= 0.6 is 11.3 Å².